The second-order valence-corrected chi connectivity index (χ2v) is 30.9. The normalized spacial score (nSPS) is 10.8. The van der Waals surface area contributed by atoms with Crippen molar-refractivity contribution in [3.05, 3.63) is 59.3 Å². The minimum absolute atomic E-state index is 0. The number of carboxylic acids is 1. The number of hydrogen-bond acceptors (Lipinski definition) is 31. The summed E-state index contributed by atoms with van der Waals surface area (Å²) in [5.41, 5.74) is 13.6. The number of likely N-dealkylation sites (N-methyl/N-ethyl adjacent to an activating group) is 4. The van der Waals surface area contributed by atoms with Crippen molar-refractivity contribution in [3.63, 3.8) is 0 Å². The number of nitrogens with two attached hydrogens (primary N) is 2. The Kier molecular flexibility index (Phi) is 185. The molecule has 738 valence electrons. The fraction of sp³-hybridized carbons (Fsp3) is 0.775. The molecule has 0 aromatic rings. The van der Waals surface area contributed by atoms with Crippen molar-refractivity contribution in [2.45, 2.75) is 93.7 Å². The first-order valence-corrected chi connectivity index (χ1v) is 45.9. The number of nitriles is 2. The molecule has 3 unspecified atom stereocenters. The van der Waals surface area contributed by atoms with Gasteiger partial charge in [0.25, 0.3) is 8.53 Å². The zero-order chi connectivity index (χ0) is 94.4. The zero-order valence-electron chi connectivity index (χ0n) is 78.1. The Morgan fingerprint density at radius 3 is 1.12 bits per heavy atom. The maximum absolute atomic E-state index is 12.4. The summed E-state index contributed by atoms with van der Waals surface area (Å²) >= 11 is 8.88. The van der Waals surface area contributed by atoms with E-state index >= 15 is 0 Å². The van der Waals surface area contributed by atoms with E-state index in [1.165, 1.54) is 40.7 Å². The quantitative estimate of drug-likeness (QED) is 0.00221. The Bertz CT molecular complexity index is 2550. The SMILES string of the molecule is C1CCOC1.C=C(C)C(=O)OCCOP(OCCC#N)N(C(C)C)C(C)C.CC#N.CC(=O)Cl.CO.CO.CO.COC(=O)C[15NH3+].II.[13CH3][15N+]([13CH3])([13CH3])CCO.[13CH3][15N+]([13CH3])([13CH3])CCO.[15NH2]CC(=O)O.[15NH2]CCO.[AlH3].[C-]#[N+]CCOP(=O)(OCCOC(=O)C(=C)C)OCC[15N+]([13CH3])([13CH3])[13CH3].[C-]#[N+]CCOP(OCCOC(=O)C(=C)C)OCC[15N+]([13CH3])([13CH3])[13CH3].[Cl-].[Cl-].[Cl-].[Cl-].[H-].[I-].[Li+]. The number of aliphatic carboxylic acids is 1. The Morgan fingerprint density at radius 1 is 0.593 bits per heavy atom. The van der Waals surface area contributed by atoms with E-state index in [1.54, 1.807) is 19.9 Å². The predicted octanol–water partition coefficient (Wildman–Crippen LogP) is -13.3. The van der Waals surface area contributed by atoms with Crippen LogP contribution in [-0.2, 0) is 93.2 Å². The molecule has 0 aromatic carbocycles. The number of carbonyl (C=O) groups is 6. The van der Waals surface area contributed by atoms with Crippen LogP contribution in [0.2, 0.25) is 0 Å². The Hall–Kier alpha value is -0.860. The van der Waals surface area contributed by atoms with Crippen molar-refractivity contribution >= 4 is 126 Å². The largest absolute Gasteiger partial charge is 1.00 e. The van der Waals surface area contributed by atoms with Crippen molar-refractivity contribution in [1.29, 1.82) is 10.5 Å². The Balaban J connectivity index is -0.0000000484. The van der Waals surface area contributed by atoms with Gasteiger partial charge < -0.3 is 202 Å². The number of halogens is 8. The van der Waals surface area contributed by atoms with Crippen LogP contribution in [0, 0.1) is 35.8 Å². The summed E-state index contributed by atoms with van der Waals surface area (Å²) in [5.74, 6) is -2.67. The number of carboxylic acid groups (broad SMARTS) is 1. The molecule has 0 aliphatic carbocycles. The maximum Gasteiger partial charge on any atom is 1.00 e. The van der Waals surface area contributed by atoms with Gasteiger partial charge in [0.15, 0.2) is 23.9 Å². The molecule has 1 fully saturated rings. The Morgan fingerprint density at radius 2 is 0.878 bits per heavy atom. The van der Waals surface area contributed by atoms with Gasteiger partial charge in [0, 0.05) is 121 Å². The molecule has 3 atom stereocenters. The van der Waals surface area contributed by atoms with Crippen LogP contribution in [0.1, 0.15) is 83.0 Å². The molecule has 123 heavy (non-hydrogen) atoms. The van der Waals surface area contributed by atoms with Crippen LogP contribution in [0.5, 0.6) is 0 Å². The van der Waals surface area contributed by atoms with Crippen molar-refractivity contribution < 1.29 is 247 Å². The van der Waals surface area contributed by atoms with E-state index in [9.17, 15) is 33.3 Å². The van der Waals surface area contributed by atoms with E-state index in [-0.39, 0.29) is 246 Å². The van der Waals surface area contributed by atoms with Crippen LogP contribution >= 0.6 is 73.8 Å². The molecule has 39 nitrogen and oxygen atoms in total. The molecular weight excluding hydrogens is 2160 g/mol. The molecule has 1 aliphatic heterocycles. The molecule has 1 saturated heterocycles. The molecule has 1 aliphatic rings. The Labute approximate surface area is 834 Å². The van der Waals surface area contributed by atoms with Gasteiger partial charge in [-0.3, -0.25) is 23.2 Å². The van der Waals surface area contributed by atoms with Crippen LogP contribution in [-0.4, -0.2) is 401 Å². The first kappa shape index (κ1) is 175. The summed E-state index contributed by atoms with van der Waals surface area (Å²) in [6.07, 6.45) is 2.87. The number of hydrogen-bond donors (Lipinski definition) is 10. The number of esters is 4. The third-order valence-corrected chi connectivity index (χ3v) is 15.0. The van der Waals surface area contributed by atoms with Crippen molar-refractivity contribution in [2.75, 3.05) is 278 Å². The maximum atomic E-state index is 12.4. The molecule has 52 heteroatoms. The molecule has 0 aromatic heterocycles. The number of phosphoric ester groups is 1. The number of phosphoric acid groups is 1. The van der Waals surface area contributed by atoms with E-state index in [2.05, 4.69) is 190 Å². The minimum atomic E-state index is -3.79. The van der Waals surface area contributed by atoms with Gasteiger partial charge in [-0.2, -0.15) is 10.5 Å². The third kappa shape index (κ3) is 186. The molecule has 0 saturated carbocycles. The van der Waals surface area contributed by atoms with E-state index in [4.69, 9.17) is 120 Å². The van der Waals surface area contributed by atoms with Gasteiger partial charge in [0.2, 0.25) is 18.3 Å². The van der Waals surface area contributed by atoms with Gasteiger partial charge in [-0.25, -0.2) is 41.6 Å². The molecule has 0 spiro atoms. The molecule has 1 rings (SSSR count). The summed E-state index contributed by atoms with van der Waals surface area (Å²) in [5, 5.41) is 68.7. The average Bonchev–Trinajstić information content (AvgIpc) is 0.927. The predicted molar refractivity (Wildman–Crippen MR) is 481 cm³/mol. The van der Waals surface area contributed by atoms with Gasteiger partial charge in [0.05, 0.1) is 163 Å². The van der Waals surface area contributed by atoms with Crippen molar-refractivity contribution in [2.24, 2.45) is 11.5 Å². The van der Waals surface area contributed by atoms with E-state index in [0.29, 0.717) is 48.4 Å². The third-order valence-electron chi connectivity index (χ3n) is 10.2. The minimum Gasteiger partial charge on any atom is -1.00 e. The molecule has 14 N–H and O–H groups in total. The summed E-state index contributed by atoms with van der Waals surface area (Å²) in [6, 6.07) is 4.28. The summed E-state index contributed by atoms with van der Waals surface area (Å²) in [7, 11) is 22.1. The van der Waals surface area contributed by atoms with Crippen LogP contribution in [0.3, 0.4) is 0 Å². The van der Waals surface area contributed by atoms with Gasteiger partial charge >= 0.3 is 65.1 Å². The van der Waals surface area contributed by atoms with Crippen LogP contribution in [0.4, 0.5) is 0 Å². The number of ether oxygens (including phenoxy) is 5. The van der Waals surface area contributed by atoms with E-state index in [1.807, 2.05) is 27.2 Å². The number of rotatable bonds is 42. The van der Waals surface area contributed by atoms with Crippen LogP contribution in [0.25, 0.3) is 9.69 Å². The first-order chi connectivity index (χ1) is 53.9. The molecule has 0 amide bonds. The van der Waals surface area contributed by atoms with E-state index in [0.717, 1.165) is 67.6 Å². The van der Waals surface area contributed by atoms with Gasteiger partial charge in [-0.1, -0.05) is 19.7 Å². The molecule has 0 radical (unpaired) electrons. The summed E-state index contributed by atoms with van der Waals surface area (Å²) < 4.78 is 84.8. The van der Waals surface area contributed by atoms with Gasteiger partial charge in [-0.05, 0) is 72.9 Å². The molecule has 1 heterocycles. The van der Waals surface area contributed by atoms with Gasteiger partial charge in [0.1, 0.15) is 72.4 Å². The van der Waals surface area contributed by atoms with Gasteiger partial charge in [-0.15, -0.1) is 0 Å². The summed E-state index contributed by atoms with van der Waals surface area (Å²) in [4.78, 5) is 68.4. The molecule has 0 bridgehead atoms. The summed E-state index contributed by atoms with van der Waals surface area (Å²) in [6.45, 7) is 47.5. The smallest absolute Gasteiger partial charge is 1.00 e. The fourth-order valence-electron chi connectivity index (χ4n) is 5.07. The fourth-order valence-corrected chi connectivity index (χ4v) is 8.69. The first-order valence-electron chi connectivity index (χ1n) is 35.6. The number of quaternary nitrogens is 5. The number of aliphatic hydroxyl groups excluding tert-OH is 6. The number of carbonyl (C=O) groups excluding carboxylic acids is 5. The number of nitrogens with zero attached hydrogens (tertiary/aromatic N) is 9. The second-order valence-electron chi connectivity index (χ2n) is 26.0. The number of aliphatic hydroxyl groups is 6. The topological polar surface area (TPSA) is 520 Å². The number of methoxy groups -OCH3 is 1. The standard InChI is InChI=1S/C15H27N2O4P.C14H26N2O6P.C14H26N2O5P.2C5H14NO.C4H8O.C3H7NO2.C2H3ClO.C2H5NO2.C2H7NO.C2H3N.3CH4O.Al.4ClH.I2.HI.Li.4H/c1-12(2)15(18)19-10-11-21-22(20-9-7-8-16)17(13(3)4)14(5)6;1-13(2)14(17)19-11-12-22-23(18,20-9-7-15-3)21-10-8-16(4,5)6;1-13(2)14(17)18-11-12-21-22(19-9-7-15-3)20-10-8-16(4,5)6;2*1-6(2,3)4-5-7;1-2-4-5-3-1;1-6-3(5)2-4;1-2(3)4;3-1-2(4)5;3-1-2-4;1-2-3;3*1-2;;;;;;1-2;;;;;;/h13-14H,1,7,9-11H2,2-6H3;1,7-12H2,2,4-6H3;1,7-12H2,2,4-6H3;2*7H,4-5H2,1-3H3;1-4H2;2,4H2,1H3;1H3;1,3H2,(H,4,5);4H,1-3H2;1H3;3*2H,1H3;;4*1H;;1H;;;;;/q;4*+1;;;;;;;;;;;;;;;;;+1;;;;-1/p-4/i;2*4+1,5+1,6+1,16+1;2*1+1,2+1,3+1,6+1;;4+1;;2*3+1;;;;;;;;;;;;;;;;. The van der Waals surface area contributed by atoms with Crippen molar-refractivity contribution in [3.8, 4) is 12.1 Å². The second kappa shape index (κ2) is 130. The van der Waals surface area contributed by atoms with Crippen LogP contribution in [0.15, 0.2) is 36.5 Å². The average molecular weight is 2310 g/mol. The van der Waals surface area contributed by atoms with Crippen LogP contribution < -0.4 is 110 Å². The molecular formula is C71H157AlCl5I3LiN12O27P3. The monoisotopic (exact) mass is 2310 g/mol. The van der Waals surface area contributed by atoms with E-state index < -0.39 is 48.8 Å². The van der Waals surface area contributed by atoms with Crippen molar-refractivity contribution in [1.82, 2.24) is 4.67 Å². The zero-order valence-corrected chi connectivity index (χ0v) is 90.1.